The number of hydrogen-bond donors (Lipinski definition) is 0. The standard InChI is InChI=1S/C18H19N5O2/c1-13-21-14-4-2-3-5-16(14)23(13)12-18(24)22-8-9-25-17(11-22)15-10-19-6-7-20-15/h2-7,10,17H,8-9,11-12H2,1H3. The van der Waals surface area contributed by atoms with E-state index in [-0.39, 0.29) is 18.6 Å². The molecular weight excluding hydrogens is 318 g/mol. The summed E-state index contributed by atoms with van der Waals surface area (Å²) < 4.78 is 7.72. The number of hydrogen-bond acceptors (Lipinski definition) is 5. The van der Waals surface area contributed by atoms with Crippen molar-refractivity contribution in [3.63, 3.8) is 0 Å². The van der Waals surface area contributed by atoms with Gasteiger partial charge < -0.3 is 14.2 Å². The van der Waals surface area contributed by atoms with E-state index in [2.05, 4.69) is 15.0 Å². The van der Waals surface area contributed by atoms with Gasteiger partial charge in [0.25, 0.3) is 0 Å². The molecule has 1 fully saturated rings. The number of rotatable bonds is 3. The van der Waals surface area contributed by atoms with Crippen LogP contribution in [0.2, 0.25) is 0 Å². The van der Waals surface area contributed by atoms with Crippen LogP contribution in [0.25, 0.3) is 11.0 Å². The predicted molar refractivity (Wildman–Crippen MR) is 91.8 cm³/mol. The molecule has 7 nitrogen and oxygen atoms in total. The maximum atomic E-state index is 12.8. The summed E-state index contributed by atoms with van der Waals surface area (Å²) in [5, 5.41) is 0. The molecule has 0 N–H and O–H groups in total. The minimum Gasteiger partial charge on any atom is -0.368 e. The Kier molecular flexibility index (Phi) is 4.15. The molecule has 2 aromatic heterocycles. The Morgan fingerprint density at radius 3 is 3.04 bits per heavy atom. The molecule has 7 heteroatoms. The van der Waals surface area contributed by atoms with Crippen molar-refractivity contribution in [3.8, 4) is 0 Å². The summed E-state index contributed by atoms with van der Waals surface area (Å²) in [6.07, 6.45) is 4.72. The van der Waals surface area contributed by atoms with Crippen LogP contribution < -0.4 is 0 Å². The molecule has 1 aliphatic rings. The van der Waals surface area contributed by atoms with E-state index in [4.69, 9.17) is 4.74 Å². The van der Waals surface area contributed by atoms with Crippen molar-refractivity contribution >= 4 is 16.9 Å². The van der Waals surface area contributed by atoms with Crippen molar-refractivity contribution in [3.05, 3.63) is 54.4 Å². The van der Waals surface area contributed by atoms with Crippen molar-refractivity contribution in [2.24, 2.45) is 0 Å². The van der Waals surface area contributed by atoms with Gasteiger partial charge in [-0.1, -0.05) is 12.1 Å². The molecule has 25 heavy (non-hydrogen) atoms. The van der Waals surface area contributed by atoms with Gasteiger partial charge in [-0.25, -0.2) is 4.98 Å². The summed E-state index contributed by atoms with van der Waals surface area (Å²) in [7, 11) is 0. The third kappa shape index (κ3) is 3.10. The fourth-order valence-electron chi connectivity index (χ4n) is 3.16. The lowest BCUT2D eigenvalue weighted by molar-refractivity contribution is -0.139. The number of carbonyl (C=O) groups excluding carboxylic acids is 1. The van der Waals surface area contributed by atoms with E-state index in [1.54, 1.807) is 18.6 Å². The first-order chi connectivity index (χ1) is 12.2. The highest BCUT2D eigenvalue weighted by Crippen LogP contribution is 2.21. The molecule has 1 saturated heterocycles. The van der Waals surface area contributed by atoms with Gasteiger partial charge >= 0.3 is 0 Å². The molecule has 0 radical (unpaired) electrons. The molecule has 1 unspecified atom stereocenters. The van der Waals surface area contributed by atoms with Gasteiger partial charge in [0.05, 0.1) is 36.1 Å². The van der Waals surface area contributed by atoms with Gasteiger partial charge in [-0.3, -0.25) is 14.8 Å². The van der Waals surface area contributed by atoms with Crippen LogP contribution in [-0.2, 0) is 16.1 Å². The van der Waals surface area contributed by atoms with Crippen LogP contribution in [0.4, 0.5) is 0 Å². The van der Waals surface area contributed by atoms with E-state index >= 15 is 0 Å². The Balaban J connectivity index is 1.51. The Bertz CT molecular complexity index is 893. The summed E-state index contributed by atoms with van der Waals surface area (Å²) in [5.74, 6) is 0.900. The zero-order valence-electron chi connectivity index (χ0n) is 14.0. The summed E-state index contributed by atoms with van der Waals surface area (Å²) in [4.78, 5) is 27.5. The smallest absolute Gasteiger partial charge is 0.242 e. The number of fused-ring (bicyclic) bond motifs is 1. The molecule has 3 aromatic rings. The van der Waals surface area contributed by atoms with Gasteiger partial charge in [-0.15, -0.1) is 0 Å². The van der Waals surface area contributed by atoms with Crippen molar-refractivity contribution in [1.82, 2.24) is 24.4 Å². The largest absolute Gasteiger partial charge is 0.368 e. The molecule has 3 heterocycles. The molecule has 1 aromatic carbocycles. The Hall–Kier alpha value is -2.80. The monoisotopic (exact) mass is 337 g/mol. The molecule has 1 atom stereocenters. The number of carbonyl (C=O) groups is 1. The number of ether oxygens (including phenoxy) is 1. The van der Waals surface area contributed by atoms with E-state index in [0.717, 1.165) is 22.6 Å². The second kappa shape index (κ2) is 6.60. The number of aromatic nitrogens is 4. The third-order valence-electron chi connectivity index (χ3n) is 4.47. The molecule has 0 aliphatic carbocycles. The Morgan fingerprint density at radius 1 is 1.32 bits per heavy atom. The number of aryl methyl sites for hydroxylation is 1. The van der Waals surface area contributed by atoms with E-state index < -0.39 is 0 Å². The molecule has 0 spiro atoms. The minimum absolute atomic E-state index is 0.0587. The zero-order chi connectivity index (χ0) is 17.2. The average molecular weight is 337 g/mol. The molecule has 0 saturated carbocycles. The normalized spacial score (nSPS) is 17.8. The summed E-state index contributed by atoms with van der Waals surface area (Å²) >= 11 is 0. The number of imidazole rings is 1. The van der Waals surface area contributed by atoms with Crippen LogP contribution in [0.5, 0.6) is 0 Å². The average Bonchev–Trinajstić information content (AvgIpc) is 2.98. The number of morpholine rings is 1. The second-order valence-corrected chi connectivity index (χ2v) is 6.06. The topological polar surface area (TPSA) is 73.1 Å². The van der Waals surface area contributed by atoms with Crippen LogP contribution in [-0.4, -0.2) is 50.0 Å². The Labute approximate surface area is 145 Å². The van der Waals surface area contributed by atoms with E-state index in [0.29, 0.717) is 19.7 Å². The van der Waals surface area contributed by atoms with Crippen molar-refractivity contribution < 1.29 is 9.53 Å². The molecule has 128 valence electrons. The fourth-order valence-corrected chi connectivity index (χ4v) is 3.16. The van der Waals surface area contributed by atoms with Crippen LogP contribution in [0.1, 0.15) is 17.6 Å². The predicted octanol–water partition coefficient (Wildman–Crippen LogP) is 1.73. The Morgan fingerprint density at radius 2 is 2.20 bits per heavy atom. The molecular formula is C18H19N5O2. The van der Waals surface area contributed by atoms with Crippen molar-refractivity contribution in [1.29, 1.82) is 0 Å². The number of para-hydroxylation sites is 2. The summed E-state index contributed by atoms with van der Waals surface area (Å²) in [5.41, 5.74) is 2.64. The van der Waals surface area contributed by atoms with Gasteiger partial charge in [-0.05, 0) is 19.1 Å². The first-order valence-electron chi connectivity index (χ1n) is 8.29. The van der Waals surface area contributed by atoms with Gasteiger partial charge in [0.2, 0.25) is 5.91 Å². The molecule has 4 rings (SSSR count). The van der Waals surface area contributed by atoms with Gasteiger partial charge in [0.15, 0.2) is 0 Å². The molecule has 1 aliphatic heterocycles. The SMILES string of the molecule is Cc1nc2ccccc2n1CC(=O)N1CCOC(c2cnccn2)C1. The highest BCUT2D eigenvalue weighted by Gasteiger charge is 2.27. The lowest BCUT2D eigenvalue weighted by atomic mass is 10.2. The van der Waals surface area contributed by atoms with Crippen LogP contribution in [0.15, 0.2) is 42.9 Å². The first-order valence-corrected chi connectivity index (χ1v) is 8.29. The van der Waals surface area contributed by atoms with Crippen LogP contribution >= 0.6 is 0 Å². The van der Waals surface area contributed by atoms with E-state index in [1.807, 2.05) is 40.7 Å². The highest BCUT2D eigenvalue weighted by molar-refractivity contribution is 5.81. The third-order valence-corrected chi connectivity index (χ3v) is 4.47. The lowest BCUT2D eigenvalue weighted by Gasteiger charge is -2.32. The zero-order valence-corrected chi connectivity index (χ0v) is 14.0. The maximum Gasteiger partial charge on any atom is 0.242 e. The fraction of sp³-hybridized carbons (Fsp3) is 0.333. The molecule has 1 amide bonds. The summed E-state index contributed by atoms with van der Waals surface area (Å²) in [6, 6.07) is 7.87. The lowest BCUT2D eigenvalue weighted by Crippen LogP contribution is -2.44. The van der Waals surface area contributed by atoms with Gasteiger partial charge in [0, 0.05) is 18.9 Å². The summed E-state index contributed by atoms with van der Waals surface area (Å²) in [6.45, 7) is 3.77. The van der Waals surface area contributed by atoms with Gasteiger partial charge in [-0.2, -0.15) is 0 Å². The van der Waals surface area contributed by atoms with Crippen molar-refractivity contribution in [2.75, 3.05) is 19.7 Å². The highest BCUT2D eigenvalue weighted by atomic mass is 16.5. The molecule has 0 bridgehead atoms. The van der Waals surface area contributed by atoms with E-state index in [9.17, 15) is 4.79 Å². The number of amides is 1. The first kappa shape index (κ1) is 15.7. The second-order valence-electron chi connectivity index (χ2n) is 6.06. The van der Waals surface area contributed by atoms with Gasteiger partial charge in [0.1, 0.15) is 18.5 Å². The quantitative estimate of drug-likeness (QED) is 0.728. The van der Waals surface area contributed by atoms with E-state index in [1.165, 1.54) is 0 Å². The van der Waals surface area contributed by atoms with Crippen LogP contribution in [0.3, 0.4) is 0 Å². The number of nitrogens with zero attached hydrogens (tertiary/aromatic N) is 5. The minimum atomic E-state index is -0.230. The van der Waals surface area contributed by atoms with Crippen molar-refractivity contribution in [2.45, 2.75) is 19.6 Å². The number of benzene rings is 1. The van der Waals surface area contributed by atoms with Crippen LogP contribution in [0, 0.1) is 6.92 Å². The maximum absolute atomic E-state index is 12.8.